The number of nitrogens with two attached hydrogens (primary N) is 1. The molecule has 2 atom stereocenters. The van der Waals surface area contributed by atoms with Crippen LogP contribution in [0.2, 0.25) is 0 Å². The van der Waals surface area contributed by atoms with E-state index >= 15 is 0 Å². The second-order valence-electron chi connectivity index (χ2n) is 5.64. The van der Waals surface area contributed by atoms with Crippen LogP contribution in [0.3, 0.4) is 0 Å². The van der Waals surface area contributed by atoms with Gasteiger partial charge in [-0.25, -0.2) is 0 Å². The number of hydrogen-bond acceptors (Lipinski definition) is 2. The fourth-order valence-corrected chi connectivity index (χ4v) is 3.01. The van der Waals surface area contributed by atoms with Crippen molar-refractivity contribution in [2.24, 2.45) is 17.1 Å². The summed E-state index contributed by atoms with van der Waals surface area (Å²) in [7, 11) is 0. The lowest BCUT2D eigenvalue weighted by Crippen LogP contribution is -2.05. The molecule has 2 rings (SSSR count). The van der Waals surface area contributed by atoms with E-state index in [1.807, 2.05) is 13.8 Å². The van der Waals surface area contributed by atoms with E-state index in [4.69, 9.17) is 5.73 Å². The Labute approximate surface area is 97.5 Å². The maximum absolute atomic E-state index is 9.76. The normalized spacial score (nSPS) is 26.8. The summed E-state index contributed by atoms with van der Waals surface area (Å²) in [5.74, 6) is 1.55. The van der Waals surface area contributed by atoms with Gasteiger partial charge in [-0.1, -0.05) is 26.0 Å². The van der Waals surface area contributed by atoms with Crippen molar-refractivity contribution >= 4 is 0 Å². The molecule has 0 aromatic heterocycles. The summed E-state index contributed by atoms with van der Waals surface area (Å²) in [5.41, 5.74) is 9.36. The van der Waals surface area contributed by atoms with E-state index in [1.54, 1.807) is 0 Å². The molecule has 0 aliphatic heterocycles. The fraction of sp³-hybridized carbons (Fsp3) is 0.571. The first kappa shape index (κ1) is 11.5. The number of phenolic OH excluding ortho intramolecular Hbond substituents is 1. The van der Waals surface area contributed by atoms with E-state index in [1.165, 1.54) is 5.56 Å². The smallest absolute Gasteiger partial charge is 0.121 e. The van der Waals surface area contributed by atoms with Gasteiger partial charge in [0.05, 0.1) is 0 Å². The van der Waals surface area contributed by atoms with Gasteiger partial charge >= 0.3 is 0 Å². The Morgan fingerprint density at radius 2 is 1.75 bits per heavy atom. The minimum absolute atomic E-state index is 0.310. The van der Waals surface area contributed by atoms with Crippen LogP contribution in [0.15, 0.2) is 12.1 Å². The number of rotatable bonds is 2. The van der Waals surface area contributed by atoms with Crippen molar-refractivity contribution in [2.45, 2.75) is 33.6 Å². The van der Waals surface area contributed by atoms with E-state index in [9.17, 15) is 5.11 Å². The van der Waals surface area contributed by atoms with Crippen LogP contribution in [0, 0.1) is 25.2 Å². The van der Waals surface area contributed by atoms with Crippen LogP contribution in [0.5, 0.6) is 5.75 Å². The van der Waals surface area contributed by atoms with Crippen molar-refractivity contribution < 1.29 is 5.11 Å². The molecular weight excluding hydrogens is 198 g/mol. The van der Waals surface area contributed by atoms with Crippen LogP contribution in [0.25, 0.3) is 0 Å². The summed E-state index contributed by atoms with van der Waals surface area (Å²) in [6, 6.07) is 4.20. The third kappa shape index (κ3) is 1.52. The van der Waals surface area contributed by atoms with Gasteiger partial charge in [0.25, 0.3) is 0 Å². The average Bonchev–Trinajstić information content (AvgIpc) is 2.76. The minimum atomic E-state index is 0.310. The fourth-order valence-electron chi connectivity index (χ4n) is 3.01. The van der Waals surface area contributed by atoms with Crippen LogP contribution in [-0.2, 0) is 0 Å². The van der Waals surface area contributed by atoms with Gasteiger partial charge in [-0.15, -0.1) is 0 Å². The maximum atomic E-state index is 9.76. The number of benzene rings is 1. The second-order valence-corrected chi connectivity index (χ2v) is 5.64. The second kappa shape index (κ2) is 3.49. The molecular formula is C14H21NO. The van der Waals surface area contributed by atoms with Crippen molar-refractivity contribution in [3.63, 3.8) is 0 Å². The number of phenols is 1. The zero-order valence-corrected chi connectivity index (χ0v) is 10.5. The van der Waals surface area contributed by atoms with Crippen LogP contribution in [0.4, 0.5) is 0 Å². The lowest BCUT2D eigenvalue weighted by atomic mass is 9.98. The molecule has 16 heavy (non-hydrogen) atoms. The van der Waals surface area contributed by atoms with Gasteiger partial charge in [0, 0.05) is 0 Å². The highest BCUT2D eigenvalue weighted by molar-refractivity contribution is 5.46. The third-order valence-electron chi connectivity index (χ3n) is 4.18. The molecule has 1 aromatic rings. The number of aryl methyl sites for hydroxylation is 2. The summed E-state index contributed by atoms with van der Waals surface area (Å²) < 4.78 is 0. The molecule has 1 aliphatic carbocycles. The summed E-state index contributed by atoms with van der Waals surface area (Å²) in [6.45, 7) is 9.20. The van der Waals surface area contributed by atoms with E-state index in [0.717, 1.165) is 17.7 Å². The maximum Gasteiger partial charge on any atom is 0.121 e. The highest BCUT2D eigenvalue weighted by atomic mass is 16.3. The first-order valence-corrected chi connectivity index (χ1v) is 5.89. The van der Waals surface area contributed by atoms with E-state index in [-0.39, 0.29) is 0 Å². The molecule has 3 N–H and O–H groups in total. The van der Waals surface area contributed by atoms with Gasteiger partial charge in [0.2, 0.25) is 0 Å². The Morgan fingerprint density at radius 1 is 1.25 bits per heavy atom. The molecule has 0 spiro atoms. The predicted molar refractivity (Wildman–Crippen MR) is 66.6 cm³/mol. The Bertz CT molecular complexity index is 400. The van der Waals surface area contributed by atoms with E-state index in [0.29, 0.717) is 23.0 Å². The van der Waals surface area contributed by atoms with Gasteiger partial charge in [-0.05, 0) is 54.3 Å². The first-order valence-electron chi connectivity index (χ1n) is 5.89. The molecule has 1 saturated carbocycles. The number of hydrogen-bond donors (Lipinski definition) is 2. The van der Waals surface area contributed by atoms with Crippen molar-refractivity contribution in [3.05, 3.63) is 28.8 Å². The van der Waals surface area contributed by atoms with Gasteiger partial charge in [-0.3, -0.25) is 0 Å². The minimum Gasteiger partial charge on any atom is -0.507 e. The summed E-state index contributed by atoms with van der Waals surface area (Å²) in [5, 5.41) is 9.76. The standard InChI is InChI=1S/C14H21NO/c1-8-5-10(6-9(2)13(8)16)12-11(7-15)14(12,3)4/h5-6,11-12,16H,7,15H2,1-4H3. The molecule has 0 saturated heterocycles. The highest BCUT2D eigenvalue weighted by Crippen LogP contribution is 2.64. The highest BCUT2D eigenvalue weighted by Gasteiger charge is 2.57. The zero-order valence-electron chi connectivity index (χ0n) is 10.5. The summed E-state index contributed by atoms with van der Waals surface area (Å²) >= 11 is 0. The Hall–Kier alpha value is -1.02. The zero-order chi connectivity index (χ0) is 12.1. The van der Waals surface area contributed by atoms with Crippen molar-refractivity contribution in [1.29, 1.82) is 0 Å². The van der Waals surface area contributed by atoms with Crippen molar-refractivity contribution in [1.82, 2.24) is 0 Å². The molecule has 0 amide bonds. The largest absolute Gasteiger partial charge is 0.507 e. The average molecular weight is 219 g/mol. The SMILES string of the molecule is Cc1cc(C2C(CN)C2(C)C)cc(C)c1O. The van der Waals surface area contributed by atoms with Crippen molar-refractivity contribution in [3.8, 4) is 5.75 Å². The monoisotopic (exact) mass is 219 g/mol. The van der Waals surface area contributed by atoms with Crippen molar-refractivity contribution in [2.75, 3.05) is 6.54 Å². The van der Waals surface area contributed by atoms with Crippen LogP contribution < -0.4 is 5.73 Å². The molecule has 2 nitrogen and oxygen atoms in total. The van der Waals surface area contributed by atoms with Crippen LogP contribution >= 0.6 is 0 Å². The quantitative estimate of drug-likeness (QED) is 0.803. The van der Waals surface area contributed by atoms with Gasteiger partial charge in [-0.2, -0.15) is 0 Å². The first-order chi connectivity index (χ1) is 7.39. The lowest BCUT2D eigenvalue weighted by molar-refractivity contribution is 0.466. The van der Waals surface area contributed by atoms with E-state index in [2.05, 4.69) is 26.0 Å². The lowest BCUT2D eigenvalue weighted by Gasteiger charge is -2.09. The Morgan fingerprint density at radius 3 is 2.12 bits per heavy atom. The van der Waals surface area contributed by atoms with Crippen LogP contribution in [-0.4, -0.2) is 11.7 Å². The summed E-state index contributed by atoms with van der Waals surface area (Å²) in [6.07, 6.45) is 0. The molecule has 88 valence electrons. The predicted octanol–water partition coefficient (Wildman–Crippen LogP) is 2.71. The molecule has 2 unspecified atom stereocenters. The van der Waals surface area contributed by atoms with Gasteiger partial charge in [0.15, 0.2) is 0 Å². The van der Waals surface area contributed by atoms with Gasteiger partial charge < -0.3 is 10.8 Å². The third-order valence-corrected chi connectivity index (χ3v) is 4.18. The molecule has 0 bridgehead atoms. The van der Waals surface area contributed by atoms with E-state index < -0.39 is 0 Å². The molecule has 2 heteroatoms. The molecule has 0 heterocycles. The Balaban J connectivity index is 2.37. The molecule has 1 aromatic carbocycles. The Kier molecular flexibility index (Phi) is 2.50. The molecule has 1 fully saturated rings. The number of aromatic hydroxyl groups is 1. The van der Waals surface area contributed by atoms with Gasteiger partial charge in [0.1, 0.15) is 5.75 Å². The van der Waals surface area contributed by atoms with Crippen LogP contribution in [0.1, 0.15) is 36.5 Å². The summed E-state index contributed by atoms with van der Waals surface area (Å²) in [4.78, 5) is 0. The topological polar surface area (TPSA) is 46.2 Å². The molecule has 0 radical (unpaired) electrons. The molecule has 1 aliphatic rings.